The van der Waals surface area contributed by atoms with Crippen LogP contribution in [0.15, 0.2) is 17.6 Å². The summed E-state index contributed by atoms with van der Waals surface area (Å²) in [5, 5.41) is -1.07. The molecule has 1 atom stereocenters. The van der Waals surface area contributed by atoms with Crippen LogP contribution in [-0.2, 0) is 19.9 Å². The van der Waals surface area contributed by atoms with E-state index in [-0.39, 0.29) is 23.1 Å². The maximum Gasteiger partial charge on any atom is 0.261 e. The Morgan fingerprint density at radius 1 is 1.47 bits per heavy atom. The van der Waals surface area contributed by atoms with Gasteiger partial charge in [0.25, 0.3) is 10.0 Å². The Morgan fingerprint density at radius 3 is 2.79 bits per heavy atom. The molecule has 0 aliphatic carbocycles. The minimum atomic E-state index is -3.84. The van der Waals surface area contributed by atoms with Crippen LogP contribution in [0.5, 0.6) is 0 Å². The van der Waals surface area contributed by atoms with Crippen molar-refractivity contribution in [2.45, 2.75) is 17.3 Å². The highest BCUT2D eigenvalue weighted by molar-refractivity contribution is 8.01. The summed E-state index contributed by atoms with van der Waals surface area (Å²) in [7, 11) is -7.29. The van der Waals surface area contributed by atoms with Gasteiger partial charge in [-0.05, 0) is 0 Å². The second-order valence-electron chi connectivity index (χ2n) is 4.01. The Morgan fingerprint density at radius 2 is 2.21 bits per heavy atom. The van der Waals surface area contributed by atoms with Gasteiger partial charge in [-0.2, -0.15) is 16.1 Å². The fourth-order valence-corrected chi connectivity index (χ4v) is 6.97. The Hall–Kier alpha value is -0.580. The summed E-state index contributed by atoms with van der Waals surface area (Å²) in [6.45, 7) is 1.71. The normalized spacial score (nSPS) is 22.5. The summed E-state index contributed by atoms with van der Waals surface area (Å²) in [6.07, 6.45) is 2.45. The van der Waals surface area contributed by atoms with Crippen molar-refractivity contribution in [2.24, 2.45) is 0 Å². The zero-order valence-electron chi connectivity index (χ0n) is 10.3. The molecule has 1 aliphatic rings. The number of thioether (sulfide) groups is 1. The van der Waals surface area contributed by atoms with Crippen LogP contribution < -0.4 is 0 Å². The maximum absolute atomic E-state index is 12.4. The molecule has 1 unspecified atom stereocenters. The minimum Gasteiger partial charge on any atom is -0.335 e. The molecule has 1 fully saturated rings. The van der Waals surface area contributed by atoms with E-state index < -0.39 is 25.2 Å². The van der Waals surface area contributed by atoms with Gasteiger partial charge in [0.15, 0.2) is 14.9 Å². The Balaban J connectivity index is 2.41. The second-order valence-corrected chi connectivity index (χ2v) is 9.47. The molecule has 0 saturated carbocycles. The summed E-state index contributed by atoms with van der Waals surface area (Å²) < 4.78 is 49.9. The van der Waals surface area contributed by atoms with Gasteiger partial charge >= 0.3 is 0 Å². The average molecular weight is 325 g/mol. The molecule has 2 rings (SSSR count). The molecule has 1 aromatic heterocycles. The lowest BCUT2D eigenvalue weighted by Gasteiger charge is -2.33. The molecule has 19 heavy (non-hydrogen) atoms. The van der Waals surface area contributed by atoms with Crippen LogP contribution in [0.3, 0.4) is 0 Å². The fourth-order valence-electron chi connectivity index (χ4n) is 1.83. The lowest BCUT2D eigenvalue weighted by molar-refractivity contribution is 0.402. The lowest BCUT2D eigenvalue weighted by Crippen LogP contribution is -2.50. The molecule has 1 saturated heterocycles. The predicted molar refractivity (Wildman–Crippen MR) is 73.1 cm³/mol. The van der Waals surface area contributed by atoms with Gasteiger partial charge in [0.2, 0.25) is 0 Å². The Labute approximate surface area is 116 Å². The summed E-state index contributed by atoms with van der Waals surface area (Å²) in [5.74, 6) is 0.778. The number of nitrogens with zero attached hydrogens (tertiary/aromatic N) is 2. The third-order valence-corrected chi connectivity index (χ3v) is 8.17. The zero-order valence-corrected chi connectivity index (χ0v) is 12.8. The summed E-state index contributed by atoms with van der Waals surface area (Å²) in [4.78, 5) is 6.20. The van der Waals surface area contributed by atoms with Crippen molar-refractivity contribution in [2.75, 3.05) is 23.8 Å². The molecule has 0 bridgehead atoms. The highest BCUT2D eigenvalue weighted by Gasteiger charge is 2.41. The zero-order chi connectivity index (χ0) is 14.1. The Kier molecular flexibility index (Phi) is 4.23. The van der Waals surface area contributed by atoms with Crippen molar-refractivity contribution in [3.63, 3.8) is 0 Å². The number of sulfone groups is 1. The van der Waals surface area contributed by atoms with E-state index in [1.165, 1.54) is 31.2 Å². The van der Waals surface area contributed by atoms with Crippen LogP contribution >= 0.6 is 11.8 Å². The molecule has 0 amide bonds. The second kappa shape index (κ2) is 5.43. The van der Waals surface area contributed by atoms with Crippen LogP contribution in [-0.4, -0.2) is 60.3 Å². The third-order valence-electron chi connectivity index (χ3n) is 2.91. The quantitative estimate of drug-likeness (QED) is 0.830. The highest BCUT2D eigenvalue weighted by Crippen LogP contribution is 2.26. The number of aromatic amines is 1. The van der Waals surface area contributed by atoms with Crippen LogP contribution in [0.2, 0.25) is 0 Å². The van der Waals surface area contributed by atoms with Gasteiger partial charge in [-0.1, -0.05) is 6.92 Å². The predicted octanol–water partition coefficient (Wildman–Crippen LogP) is -0.0920. The van der Waals surface area contributed by atoms with Gasteiger partial charge in [0, 0.05) is 23.8 Å². The van der Waals surface area contributed by atoms with E-state index in [9.17, 15) is 16.8 Å². The first-order chi connectivity index (χ1) is 8.89. The van der Waals surface area contributed by atoms with Gasteiger partial charge in [-0.25, -0.2) is 21.8 Å². The monoisotopic (exact) mass is 325 g/mol. The fraction of sp³-hybridized carbons (Fsp3) is 0.667. The highest BCUT2D eigenvalue weighted by atomic mass is 32.2. The SMILES string of the molecule is CCS(=O)(=O)C1CSCCN1S(=O)(=O)c1cnc[nH]1. The molecule has 2 heterocycles. The summed E-state index contributed by atoms with van der Waals surface area (Å²) >= 11 is 1.45. The van der Waals surface area contributed by atoms with Crippen molar-refractivity contribution >= 4 is 31.6 Å². The molecule has 7 nitrogen and oxygen atoms in total. The van der Waals surface area contributed by atoms with E-state index in [1.807, 2.05) is 0 Å². The topological polar surface area (TPSA) is 100 Å². The van der Waals surface area contributed by atoms with Crippen molar-refractivity contribution in [3.05, 3.63) is 12.5 Å². The average Bonchev–Trinajstić information content (AvgIpc) is 2.93. The molecular formula is C9H15N3O4S3. The van der Waals surface area contributed by atoms with E-state index in [1.54, 1.807) is 0 Å². The van der Waals surface area contributed by atoms with Crippen LogP contribution in [0.4, 0.5) is 0 Å². The number of hydrogen-bond acceptors (Lipinski definition) is 6. The van der Waals surface area contributed by atoms with E-state index in [2.05, 4.69) is 9.97 Å². The van der Waals surface area contributed by atoms with E-state index in [4.69, 9.17) is 0 Å². The summed E-state index contributed by atoms with van der Waals surface area (Å²) in [6, 6.07) is 0. The number of hydrogen-bond donors (Lipinski definition) is 1. The largest absolute Gasteiger partial charge is 0.335 e. The lowest BCUT2D eigenvalue weighted by atomic mass is 10.6. The van der Waals surface area contributed by atoms with E-state index >= 15 is 0 Å². The molecule has 108 valence electrons. The van der Waals surface area contributed by atoms with Crippen molar-refractivity contribution in [1.29, 1.82) is 0 Å². The number of aromatic nitrogens is 2. The van der Waals surface area contributed by atoms with Gasteiger partial charge in [-0.15, -0.1) is 0 Å². The third kappa shape index (κ3) is 2.81. The summed E-state index contributed by atoms with van der Waals surface area (Å²) in [5.41, 5.74) is 0. The molecular weight excluding hydrogens is 310 g/mol. The first-order valence-corrected chi connectivity index (χ1v) is 10.00. The number of rotatable bonds is 4. The van der Waals surface area contributed by atoms with Crippen LogP contribution in [0.25, 0.3) is 0 Å². The number of sulfonamides is 1. The molecule has 1 aromatic rings. The standard InChI is InChI=1S/C9H15N3O4S3/c1-2-18(13,14)9-6-17-4-3-12(9)19(15,16)8-5-10-7-11-8/h5,7,9H,2-4,6H2,1H3,(H,10,11). The van der Waals surface area contributed by atoms with Gasteiger partial charge in [-0.3, -0.25) is 0 Å². The number of H-pyrrole nitrogens is 1. The molecule has 1 aliphatic heterocycles. The first-order valence-electron chi connectivity index (χ1n) is 5.69. The molecule has 1 N–H and O–H groups in total. The van der Waals surface area contributed by atoms with Crippen LogP contribution in [0, 0.1) is 0 Å². The van der Waals surface area contributed by atoms with Gasteiger partial charge < -0.3 is 4.98 Å². The first kappa shape index (κ1) is 14.8. The van der Waals surface area contributed by atoms with Crippen molar-refractivity contribution in [1.82, 2.24) is 14.3 Å². The molecule has 0 spiro atoms. The molecule has 10 heteroatoms. The molecule has 0 aromatic carbocycles. The minimum absolute atomic E-state index is 0.0734. The van der Waals surface area contributed by atoms with Gasteiger partial charge in [0.1, 0.15) is 5.37 Å². The van der Waals surface area contributed by atoms with E-state index in [0.29, 0.717) is 5.75 Å². The Bertz CT molecular complexity index is 624. The van der Waals surface area contributed by atoms with Crippen molar-refractivity contribution < 1.29 is 16.8 Å². The number of imidazole rings is 1. The van der Waals surface area contributed by atoms with Gasteiger partial charge in [0.05, 0.1) is 12.5 Å². The smallest absolute Gasteiger partial charge is 0.261 e. The maximum atomic E-state index is 12.4. The molecule has 0 radical (unpaired) electrons. The number of nitrogens with one attached hydrogen (secondary N) is 1. The van der Waals surface area contributed by atoms with Crippen LogP contribution in [0.1, 0.15) is 6.92 Å². The van der Waals surface area contributed by atoms with E-state index in [0.717, 1.165) is 4.31 Å². The van der Waals surface area contributed by atoms with Crippen molar-refractivity contribution in [3.8, 4) is 0 Å².